The molecular formula is C27H28N2O. The van der Waals surface area contributed by atoms with E-state index in [4.69, 9.17) is 9.52 Å². The van der Waals surface area contributed by atoms with Crippen LogP contribution in [0.4, 0.5) is 5.69 Å². The predicted molar refractivity (Wildman–Crippen MR) is 125 cm³/mol. The van der Waals surface area contributed by atoms with E-state index in [1.807, 2.05) is 36.4 Å². The van der Waals surface area contributed by atoms with Gasteiger partial charge in [0.25, 0.3) is 0 Å². The molecule has 0 spiro atoms. The molecule has 3 nitrogen and oxygen atoms in total. The third-order valence-electron chi connectivity index (χ3n) is 5.29. The summed E-state index contributed by atoms with van der Waals surface area (Å²) < 4.78 is 6.36. The molecule has 0 radical (unpaired) electrons. The summed E-state index contributed by atoms with van der Waals surface area (Å²) in [5.41, 5.74) is 9.76. The Morgan fingerprint density at radius 3 is 2.20 bits per heavy atom. The van der Waals surface area contributed by atoms with E-state index in [-0.39, 0.29) is 5.41 Å². The fourth-order valence-electron chi connectivity index (χ4n) is 3.63. The van der Waals surface area contributed by atoms with E-state index in [1.54, 1.807) is 0 Å². The predicted octanol–water partition coefficient (Wildman–Crippen LogP) is 6.94. The number of para-hydroxylation sites is 1. The van der Waals surface area contributed by atoms with Crippen molar-refractivity contribution >= 4 is 16.7 Å². The van der Waals surface area contributed by atoms with Gasteiger partial charge in [0.05, 0.1) is 11.0 Å². The Hall–Kier alpha value is -3.33. The second kappa shape index (κ2) is 7.83. The van der Waals surface area contributed by atoms with E-state index < -0.39 is 0 Å². The van der Waals surface area contributed by atoms with E-state index in [9.17, 15) is 0 Å². The zero-order valence-corrected chi connectivity index (χ0v) is 18.3. The van der Waals surface area contributed by atoms with Gasteiger partial charge in [0.2, 0.25) is 0 Å². The van der Waals surface area contributed by atoms with Gasteiger partial charge in [-0.25, -0.2) is 0 Å². The van der Waals surface area contributed by atoms with Crippen LogP contribution in [0, 0.1) is 13.8 Å². The Morgan fingerprint density at radius 2 is 1.53 bits per heavy atom. The third kappa shape index (κ3) is 4.16. The van der Waals surface area contributed by atoms with Crippen LogP contribution in [0.1, 0.15) is 37.5 Å². The standard InChI is InChI=1S/C27H28N2O/c1-18-15-19(2)26-23(16-18)24(29-28-22-9-7-6-8-10-22)17-25(30-26)20-11-13-21(14-12-20)27(3,4)5/h6-17,28H,1-5H3/b29-24+. The topological polar surface area (TPSA) is 37.5 Å². The second-order valence-corrected chi connectivity index (χ2v) is 8.87. The number of aryl methyl sites for hydroxylation is 2. The second-order valence-electron chi connectivity index (χ2n) is 8.87. The molecule has 0 bridgehead atoms. The number of benzene rings is 3. The van der Waals surface area contributed by atoms with Gasteiger partial charge >= 0.3 is 0 Å². The van der Waals surface area contributed by atoms with Gasteiger partial charge in [-0.1, -0.05) is 69.3 Å². The molecule has 0 atom stereocenters. The van der Waals surface area contributed by atoms with Crippen molar-refractivity contribution in [1.82, 2.24) is 0 Å². The van der Waals surface area contributed by atoms with Crippen LogP contribution in [0.15, 0.2) is 82.3 Å². The van der Waals surface area contributed by atoms with E-state index >= 15 is 0 Å². The fraction of sp³-hybridized carbons (Fsp3) is 0.222. The largest absolute Gasteiger partial charge is 0.456 e. The van der Waals surface area contributed by atoms with E-state index in [0.717, 1.165) is 38.9 Å². The molecule has 0 aliphatic carbocycles. The molecule has 1 aromatic heterocycles. The summed E-state index contributed by atoms with van der Waals surface area (Å²) in [7, 11) is 0. The van der Waals surface area contributed by atoms with Gasteiger partial charge in [0.15, 0.2) is 0 Å². The molecule has 30 heavy (non-hydrogen) atoms. The highest BCUT2D eigenvalue weighted by molar-refractivity contribution is 5.82. The molecule has 152 valence electrons. The zero-order chi connectivity index (χ0) is 21.3. The molecule has 0 unspecified atom stereocenters. The van der Waals surface area contributed by atoms with E-state index in [1.165, 1.54) is 11.1 Å². The van der Waals surface area contributed by atoms with E-state index in [0.29, 0.717) is 0 Å². The van der Waals surface area contributed by atoms with Crippen molar-refractivity contribution < 1.29 is 4.42 Å². The van der Waals surface area contributed by atoms with Gasteiger partial charge in [-0.05, 0) is 54.2 Å². The van der Waals surface area contributed by atoms with Crippen LogP contribution < -0.4 is 10.8 Å². The van der Waals surface area contributed by atoms with Crippen molar-refractivity contribution in [2.75, 3.05) is 5.43 Å². The number of anilines is 1. The van der Waals surface area contributed by atoms with Crippen molar-refractivity contribution in [3.63, 3.8) is 0 Å². The van der Waals surface area contributed by atoms with Crippen molar-refractivity contribution in [1.29, 1.82) is 0 Å². The summed E-state index contributed by atoms with van der Waals surface area (Å²) in [5.74, 6) is 0.809. The van der Waals surface area contributed by atoms with Crippen LogP contribution in [-0.2, 0) is 5.41 Å². The molecule has 0 saturated heterocycles. The summed E-state index contributed by atoms with van der Waals surface area (Å²) in [6.45, 7) is 10.8. The minimum Gasteiger partial charge on any atom is -0.456 e. The Bertz CT molecular complexity index is 1240. The molecular weight excluding hydrogens is 368 g/mol. The average Bonchev–Trinajstić information content (AvgIpc) is 2.72. The molecule has 4 rings (SSSR count). The lowest BCUT2D eigenvalue weighted by molar-refractivity contribution is 0.589. The molecule has 0 fully saturated rings. The minimum atomic E-state index is 0.118. The van der Waals surface area contributed by atoms with Crippen LogP contribution in [0.5, 0.6) is 0 Å². The van der Waals surface area contributed by atoms with Gasteiger partial charge < -0.3 is 4.42 Å². The maximum atomic E-state index is 6.36. The Morgan fingerprint density at radius 1 is 0.833 bits per heavy atom. The molecule has 4 aromatic rings. The normalized spacial score (nSPS) is 12.4. The number of nitrogens with zero attached hydrogens (tertiary/aromatic N) is 1. The molecule has 0 saturated carbocycles. The summed E-state index contributed by atoms with van der Waals surface area (Å²) in [5, 5.41) is 6.59. The van der Waals surface area contributed by atoms with Crippen molar-refractivity contribution in [2.24, 2.45) is 5.10 Å². The highest BCUT2D eigenvalue weighted by atomic mass is 16.3. The molecule has 1 heterocycles. The highest BCUT2D eigenvalue weighted by Crippen LogP contribution is 2.28. The van der Waals surface area contributed by atoms with Gasteiger partial charge in [-0.2, -0.15) is 5.10 Å². The highest BCUT2D eigenvalue weighted by Gasteiger charge is 2.14. The smallest absolute Gasteiger partial charge is 0.139 e. The zero-order valence-electron chi connectivity index (χ0n) is 18.3. The van der Waals surface area contributed by atoms with Crippen LogP contribution in [-0.4, -0.2) is 0 Å². The van der Waals surface area contributed by atoms with Crippen LogP contribution in [0.25, 0.3) is 22.3 Å². The maximum Gasteiger partial charge on any atom is 0.139 e. The summed E-state index contributed by atoms with van der Waals surface area (Å²) in [6, 6.07) is 24.9. The number of fused-ring (bicyclic) bond motifs is 1. The summed E-state index contributed by atoms with van der Waals surface area (Å²) in [4.78, 5) is 0. The summed E-state index contributed by atoms with van der Waals surface area (Å²) in [6.07, 6.45) is 0. The Labute approximate surface area is 178 Å². The van der Waals surface area contributed by atoms with Crippen molar-refractivity contribution in [3.05, 3.63) is 94.8 Å². The lowest BCUT2D eigenvalue weighted by Crippen LogP contribution is -2.10. The molecule has 0 aliphatic heterocycles. The van der Waals surface area contributed by atoms with Crippen molar-refractivity contribution in [3.8, 4) is 11.3 Å². The SMILES string of the molecule is Cc1cc(C)c2oc(-c3ccc(C(C)(C)C)cc3)c/c(=N\Nc3ccccc3)c2c1. The first-order chi connectivity index (χ1) is 14.3. The number of rotatable bonds is 3. The fourth-order valence-corrected chi connectivity index (χ4v) is 3.63. The average molecular weight is 397 g/mol. The molecule has 0 aliphatic rings. The first-order valence-corrected chi connectivity index (χ1v) is 10.3. The van der Waals surface area contributed by atoms with Gasteiger partial charge in [0.1, 0.15) is 11.3 Å². The van der Waals surface area contributed by atoms with Gasteiger partial charge in [0, 0.05) is 17.0 Å². The molecule has 1 N–H and O–H groups in total. The number of hydrogen-bond acceptors (Lipinski definition) is 3. The number of hydrogen-bond donors (Lipinski definition) is 1. The Kier molecular flexibility index (Phi) is 5.21. The molecule has 3 aromatic carbocycles. The monoisotopic (exact) mass is 396 g/mol. The van der Waals surface area contributed by atoms with E-state index in [2.05, 4.69) is 76.4 Å². The lowest BCUT2D eigenvalue weighted by atomic mass is 9.86. The summed E-state index contributed by atoms with van der Waals surface area (Å²) >= 11 is 0. The van der Waals surface area contributed by atoms with Crippen molar-refractivity contribution in [2.45, 2.75) is 40.0 Å². The lowest BCUT2D eigenvalue weighted by Gasteiger charge is -2.19. The van der Waals surface area contributed by atoms with Gasteiger partial charge in [-0.3, -0.25) is 5.43 Å². The Balaban J connectivity index is 1.87. The third-order valence-corrected chi connectivity index (χ3v) is 5.29. The minimum absolute atomic E-state index is 0.118. The first kappa shape index (κ1) is 20.0. The van der Waals surface area contributed by atoms with Gasteiger partial charge in [-0.15, -0.1) is 0 Å². The molecule has 3 heteroatoms. The van der Waals surface area contributed by atoms with Crippen LogP contribution in [0.3, 0.4) is 0 Å². The maximum absolute atomic E-state index is 6.36. The first-order valence-electron chi connectivity index (χ1n) is 10.3. The number of nitrogens with one attached hydrogen (secondary N) is 1. The quantitative estimate of drug-likeness (QED) is 0.381. The molecule has 0 amide bonds. The van der Waals surface area contributed by atoms with Crippen LogP contribution >= 0.6 is 0 Å². The van der Waals surface area contributed by atoms with Crippen LogP contribution in [0.2, 0.25) is 0 Å².